The summed E-state index contributed by atoms with van der Waals surface area (Å²) in [6.07, 6.45) is 1.66. The molecule has 7 heteroatoms. The highest BCUT2D eigenvalue weighted by Gasteiger charge is 2.36. The zero-order chi connectivity index (χ0) is 15.6. The Kier molecular flexibility index (Phi) is 4.67. The number of aromatic hydroxyl groups is 1. The number of morpholine rings is 1. The molecule has 0 bridgehead atoms. The Bertz CT molecular complexity index is 614. The van der Waals surface area contributed by atoms with Crippen LogP contribution in [0.3, 0.4) is 0 Å². The quantitative estimate of drug-likeness (QED) is 0.890. The number of ether oxygens (including phenoxy) is 1. The molecule has 1 unspecified atom stereocenters. The summed E-state index contributed by atoms with van der Waals surface area (Å²) in [5, 5.41) is 9.51. The van der Waals surface area contributed by atoms with Gasteiger partial charge in [-0.25, -0.2) is 0 Å². The van der Waals surface area contributed by atoms with Crippen LogP contribution in [0.25, 0.3) is 0 Å². The molecule has 2 aliphatic rings. The lowest BCUT2D eigenvalue weighted by molar-refractivity contribution is 0.0705. The molecule has 0 amide bonds. The van der Waals surface area contributed by atoms with Gasteiger partial charge in [0.2, 0.25) is 0 Å². The predicted molar refractivity (Wildman–Crippen MR) is 82.8 cm³/mol. The maximum absolute atomic E-state index is 12.6. The van der Waals surface area contributed by atoms with E-state index in [2.05, 4.69) is 0 Å². The fourth-order valence-electron chi connectivity index (χ4n) is 3.13. The minimum Gasteiger partial charge on any atom is -0.508 e. The van der Waals surface area contributed by atoms with Crippen LogP contribution in [0.1, 0.15) is 12.0 Å². The summed E-state index contributed by atoms with van der Waals surface area (Å²) in [5.41, 5.74) is 1.05. The minimum atomic E-state index is -3.36. The first-order valence-corrected chi connectivity index (χ1v) is 9.06. The van der Waals surface area contributed by atoms with Gasteiger partial charge in [0, 0.05) is 26.2 Å². The molecule has 1 aromatic rings. The lowest BCUT2D eigenvalue weighted by atomic mass is 9.99. The maximum atomic E-state index is 12.6. The van der Waals surface area contributed by atoms with Gasteiger partial charge in [-0.3, -0.25) is 0 Å². The van der Waals surface area contributed by atoms with Crippen LogP contribution in [0, 0.1) is 5.92 Å². The maximum Gasteiger partial charge on any atom is 0.282 e. The molecule has 2 heterocycles. The van der Waals surface area contributed by atoms with Gasteiger partial charge in [-0.05, 0) is 36.5 Å². The van der Waals surface area contributed by atoms with Gasteiger partial charge in [0.15, 0.2) is 0 Å². The second kappa shape index (κ2) is 6.54. The number of phenolic OH excluding ortho intramolecular Hbond substituents is 1. The molecule has 1 atom stereocenters. The smallest absolute Gasteiger partial charge is 0.282 e. The molecule has 0 saturated carbocycles. The van der Waals surface area contributed by atoms with Crippen molar-refractivity contribution >= 4 is 10.2 Å². The van der Waals surface area contributed by atoms with Crippen LogP contribution in [-0.2, 0) is 21.4 Å². The van der Waals surface area contributed by atoms with Crippen LogP contribution in [0.5, 0.6) is 5.75 Å². The Balaban J connectivity index is 1.62. The molecule has 1 aromatic carbocycles. The van der Waals surface area contributed by atoms with E-state index >= 15 is 0 Å². The fourth-order valence-corrected chi connectivity index (χ4v) is 4.80. The van der Waals surface area contributed by atoms with E-state index in [-0.39, 0.29) is 5.75 Å². The summed E-state index contributed by atoms with van der Waals surface area (Å²) >= 11 is 0. The van der Waals surface area contributed by atoms with Gasteiger partial charge < -0.3 is 9.84 Å². The van der Waals surface area contributed by atoms with Crippen molar-refractivity contribution in [3.63, 3.8) is 0 Å². The summed E-state index contributed by atoms with van der Waals surface area (Å²) in [7, 11) is -3.36. The zero-order valence-electron chi connectivity index (χ0n) is 12.5. The van der Waals surface area contributed by atoms with E-state index in [0.29, 0.717) is 45.3 Å². The molecule has 1 N–H and O–H groups in total. The molecule has 0 aliphatic carbocycles. The molecular weight excluding hydrogens is 304 g/mol. The summed E-state index contributed by atoms with van der Waals surface area (Å²) in [4.78, 5) is 0. The van der Waals surface area contributed by atoms with Crippen molar-refractivity contribution in [1.29, 1.82) is 0 Å². The van der Waals surface area contributed by atoms with Crippen molar-refractivity contribution in [3.8, 4) is 5.75 Å². The van der Waals surface area contributed by atoms with E-state index < -0.39 is 10.2 Å². The first-order valence-electron chi connectivity index (χ1n) is 7.66. The van der Waals surface area contributed by atoms with Crippen LogP contribution in [0.15, 0.2) is 24.3 Å². The highest BCUT2D eigenvalue weighted by Crippen LogP contribution is 2.26. The first kappa shape index (κ1) is 15.7. The van der Waals surface area contributed by atoms with Gasteiger partial charge in [0.1, 0.15) is 5.75 Å². The number of benzene rings is 1. The van der Waals surface area contributed by atoms with E-state index in [0.717, 1.165) is 18.4 Å². The largest absolute Gasteiger partial charge is 0.508 e. The van der Waals surface area contributed by atoms with E-state index in [1.54, 1.807) is 16.4 Å². The lowest BCUT2D eigenvalue weighted by Gasteiger charge is -2.30. The van der Waals surface area contributed by atoms with E-state index in [4.69, 9.17) is 4.74 Å². The van der Waals surface area contributed by atoms with Crippen LogP contribution in [-0.4, -0.2) is 61.5 Å². The van der Waals surface area contributed by atoms with Crippen molar-refractivity contribution in [3.05, 3.63) is 29.8 Å². The Morgan fingerprint density at radius 3 is 2.68 bits per heavy atom. The Morgan fingerprint density at radius 2 is 1.95 bits per heavy atom. The summed E-state index contributed by atoms with van der Waals surface area (Å²) in [5.74, 6) is 0.561. The van der Waals surface area contributed by atoms with Gasteiger partial charge in [0.05, 0.1) is 13.2 Å². The fraction of sp³-hybridized carbons (Fsp3) is 0.600. The highest BCUT2D eigenvalue weighted by molar-refractivity contribution is 7.86. The molecule has 2 fully saturated rings. The van der Waals surface area contributed by atoms with Gasteiger partial charge >= 0.3 is 0 Å². The second-order valence-corrected chi connectivity index (χ2v) is 7.83. The molecule has 2 aliphatic heterocycles. The summed E-state index contributed by atoms with van der Waals surface area (Å²) in [6, 6.07) is 7.19. The molecule has 2 saturated heterocycles. The number of phenols is 1. The van der Waals surface area contributed by atoms with E-state index in [1.807, 2.05) is 12.1 Å². The van der Waals surface area contributed by atoms with Crippen molar-refractivity contribution in [2.45, 2.75) is 12.8 Å². The third kappa shape index (κ3) is 3.43. The SMILES string of the molecule is O=S(=O)(N1CCOCC1)N1CCC(Cc2cccc(O)c2)C1. The molecule has 3 rings (SSSR count). The third-order valence-electron chi connectivity index (χ3n) is 4.31. The normalized spacial score (nSPS) is 24.6. The molecule has 122 valence electrons. The predicted octanol–water partition coefficient (Wildman–Crippen LogP) is 0.834. The van der Waals surface area contributed by atoms with Gasteiger partial charge in [-0.1, -0.05) is 12.1 Å². The summed E-state index contributed by atoms with van der Waals surface area (Å²) < 4.78 is 33.5. The molecule has 0 spiro atoms. The minimum absolute atomic E-state index is 0.258. The molecule has 0 aromatic heterocycles. The molecule has 6 nitrogen and oxygen atoms in total. The van der Waals surface area contributed by atoms with Crippen molar-refractivity contribution < 1.29 is 18.3 Å². The Labute approximate surface area is 131 Å². The highest BCUT2D eigenvalue weighted by atomic mass is 32.2. The molecule has 0 radical (unpaired) electrons. The van der Waals surface area contributed by atoms with Crippen LogP contribution in [0.2, 0.25) is 0 Å². The third-order valence-corrected chi connectivity index (χ3v) is 6.31. The van der Waals surface area contributed by atoms with Crippen molar-refractivity contribution in [2.75, 3.05) is 39.4 Å². The number of nitrogens with zero attached hydrogens (tertiary/aromatic N) is 2. The zero-order valence-corrected chi connectivity index (χ0v) is 13.3. The summed E-state index contributed by atoms with van der Waals surface area (Å²) in [6.45, 7) is 2.95. The lowest BCUT2D eigenvalue weighted by Crippen LogP contribution is -2.47. The standard InChI is InChI=1S/C15H22N2O4S/c18-15-3-1-2-13(11-15)10-14-4-5-17(12-14)22(19,20)16-6-8-21-9-7-16/h1-3,11,14,18H,4-10,12H2. The van der Waals surface area contributed by atoms with Crippen molar-refractivity contribution in [1.82, 2.24) is 8.61 Å². The van der Waals surface area contributed by atoms with Gasteiger partial charge in [-0.2, -0.15) is 17.0 Å². The number of hydrogen-bond acceptors (Lipinski definition) is 4. The molecular formula is C15H22N2O4S. The number of hydrogen-bond donors (Lipinski definition) is 1. The van der Waals surface area contributed by atoms with Crippen LogP contribution < -0.4 is 0 Å². The van der Waals surface area contributed by atoms with E-state index in [9.17, 15) is 13.5 Å². The topological polar surface area (TPSA) is 70.1 Å². The van der Waals surface area contributed by atoms with Crippen LogP contribution >= 0.6 is 0 Å². The average molecular weight is 326 g/mol. The van der Waals surface area contributed by atoms with Crippen molar-refractivity contribution in [2.24, 2.45) is 5.92 Å². The second-order valence-electron chi connectivity index (χ2n) is 5.91. The van der Waals surface area contributed by atoms with Gasteiger partial charge in [-0.15, -0.1) is 0 Å². The first-order chi connectivity index (χ1) is 10.6. The van der Waals surface area contributed by atoms with E-state index in [1.165, 1.54) is 4.31 Å². The Hall–Kier alpha value is -1.15. The van der Waals surface area contributed by atoms with Gasteiger partial charge in [0.25, 0.3) is 10.2 Å². The monoisotopic (exact) mass is 326 g/mol. The molecule has 22 heavy (non-hydrogen) atoms. The average Bonchev–Trinajstić information content (AvgIpc) is 2.97. The Morgan fingerprint density at radius 1 is 1.18 bits per heavy atom. The van der Waals surface area contributed by atoms with Crippen LogP contribution in [0.4, 0.5) is 0 Å². The number of rotatable bonds is 4.